The van der Waals surface area contributed by atoms with Crippen molar-refractivity contribution < 1.29 is 9.59 Å². The number of piperidine rings is 1. The fourth-order valence-electron chi connectivity index (χ4n) is 0.690. The van der Waals surface area contributed by atoms with Crippen LogP contribution in [0.1, 0.15) is 19.3 Å². The van der Waals surface area contributed by atoms with Crippen LogP contribution in [-0.4, -0.2) is 70.9 Å². The van der Waals surface area contributed by atoms with Crippen molar-refractivity contribution in [2.45, 2.75) is 19.3 Å². The summed E-state index contributed by atoms with van der Waals surface area (Å²) in [6.07, 6.45) is 1.72. The number of hydrogen-bond acceptors (Lipinski definition) is 2. The number of amides is 2. The Morgan fingerprint density at radius 1 is 1.00 bits per heavy atom. The van der Waals surface area contributed by atoms with E-state index in [1.165, 1.54) is 0 Å². The largest absolute Gasteiger partial charge is 0.296 e. The van der Waals surface area contributed by atoms with Gasteiger partial charge in [0.1, 0.15) is 0 Å². The van der Waals surface area contributed by atoms with Crippen LogP contribution in [0.5, 0.6) is 0 Å². The number of imide groups is 1. The number of hydrogen-bond donors (Lipinski definition) is 1. The first-order valence-electron chi connectivity index (χ1n) is 2.62. The summed E-state index contributed by atoms with van der Waals surface area (Å²) in [7, 11) is 0. The van der Waals surface area contributed by atoms with Gasteiger partial charge in [-0.3, -0.25) is 14.9 Å². The van der Waals surface area contributed by atoms with E-state index < -0.39 is 0 Å². The van der Waals surface area contributed by atoms with E-state index in [1.807, 2.05) is 0 Å². The number of nitrogens with one attached hydrogen (secondary N) is 1. The quantitative estimate of drug-likeness (QED) is 0.366. The van der Waals surface area contributed by atoms with Crippen LogP contribution in [0, 0.1) is 0 Å². The molecule has 1 N–H and O–H groups in total. The topological polar surface area (TPSA) is 46.2 Å². The zero-order chi connectivity index (χ0) is 5.98. The zero-order valence-electron chi connectivity index (χ0n) is 6.44. The summed E-state index contributed by atoms with van der Waals surface area (Å²) < 4.78 is 0. The molecule has 0 aliphatic carbocycles. The van der Waals surface area contributed by atoms with E-state index in [0.29, 0.717) is 19.3 Å². The number of carbonyl (C=O) groups excluding carboxylic acids is 2. The van der Waals surface area contributed by atoms with Gasteiger partial charge in [0, 0.05) is 72.0 Å². The second-order valence-corrected chi connectivity index (χ2v) is 1.82. The van der Waals surface area contributed by atoms with Gasteiger partial charge in [0.25, 0.3) is 0 Å². The van der Waals surface area contributed by atoms with Gasteiger partial charge in [0.2, 0.25) is 11.8 Å². The minimum Gasteiger partial charge on any atom is -0.296 e. The summed E-state index contributed by atoms with van der Waals surface area (Å²) in [6.45, 7) is 0. The molecule has 0 spiro atoms. The van der Waals surface area contributed by atoms with E-state index in [1.54, 1.807) is 0 Å². The van der Waals surface area contributed by atoms with Crippen LogP contribution in [0.25, 0.3) is 0 Å². The van der Waals surface area contributed by atoms with Gasteiger partial charge in [-0.05, 0) is 6.42 Å². The Bertz CT molecular complexity index is 124. The molecule has 5 heteroatoms. The zero-order valence-corrected chi connectivity index (χ0v) is 10.4. The van der Waals surface area contributed by atoms with Crippen molar-refractivity contribution in [3.8, 4) is 0 Å². The third-order valence-corrected chi connectivity index (χ3v) is 1.09. The Hall–Kier alpha value is 1.14. The molecule has 1 aliphatic rings. The normalized spacial score (nSPS) is 16.4. The molecule has 2 radical (unpaired) electrons. The molecule has 0 unspecified atom stereocenters. The standard InChI is InChI=1S/C5H7NO2.2Na/c7-4-2-1-3-5(8)6-4;;/h1-3H2,(H,6,7,8);;. The van der Waals surface area contributed by atoms with Crippen molar-refractivity contribution in [2.24, 2.45) is 0 Å². The molecule has 0 atom stereocenters. The van der Waals surface area contributed by atoms with E-state index in [4.69, 9.17) is 0 Å². The molecule has 0 aromatic heterocycles. The molecule has 10 heavy (non-hydrogen) atoms. The van der Waals surface area contributed by atoms with Crippen LogP contribution in [0.2, 0.25) is 0 Å². The summed E-state index contributed by atoms with van der Waals surface area (Å²) in [5.74, 6) is -0.275. The van der Waals surface area contributed by atoms with E-state index >= 15 is 0 Å². The fourth-order valence-corrected chi connectivity index (χ4v) is 0.690. The van der Waals surface area contributed by atoms with Crippen molar-refractivity contribution in [3.63, 3.8) is 0 Å². The maximum absolute atomic E-state index is 10.3. The van der Waals surface area contributed by atoms with Crippen molar-refractivity contribution in [2.75, 3.05) is 0 Å². The summed E-state index contributed by atoms with van der Waals surface area (Å²) in [4.78, 5) is 20.7. The van der Waals surface area contributed by atoms with Crippen molar-refractivity contribution in [1.82, 2.24) is 5.32 Å². The molecule has 1 aliphatic heterocycles. The Balaban J connectivity index is 0. The number of rotatable bonds is 0. The molecule has 1 rings (SSSR count). The van der Waals surface area contributed by atoms with Gasteiger partial charge in [-0.25, -0.2) is 0 Å². The first kappa shape index (κ1) is 13.7. The molecule has 1 fully saturated rings. The summed E-state index contributed by atoms with van der Waals surface area (Å²) >= 11 is 0. The molecule has 46 valence electrons. The monoisotopic (exact) mass is 159 g/mol. The smallest absolute Gasteiger partial charge is 0.226 e. The summed E-state index contributed by atoms with van der Waals surface area (Å²) in [5, 5.41) is 2.20. The van der Waals surface area contributed by atoms with Gasteiger partial charge < -0.3 is 0 Å². The van der Waals surface area contributed by atoms with Gasteiger partial charge in [0.15, 0.2) is 0 Å². The second kappa shape index (κ2) is 6.83. The summed E-state index contributed by atoms with van der Waals surface area (Å²) in [6, 6.07) is 0. The van der Waals surface area contributed by atoms with Crippen LogP contribution in [0.4, 0.5) is 0 Å². The van der Waals surface area contributed by atoms with Crippen LogP contribution >= 0.6 is 0 Å². The minimum absolute atomic E-state index is 0. The van der Waals surface area contributed by atoms with Crippen LogP contribution < -0.4 is 5.32 Å². The first-order valence-corrected chi connectivity index (χ1v) is 2.62. The Labute approximate surface area is 104 Å². The molecule has 0 aromatic rings. The Morgan fingerprint density at radius 2 is 1.40 bits per heavy atom. The first-order chi connectivity index (χ1) is 3.79. The Morgan fingerprint density at radius 3 is 1.60 bits per heavy atom. The minimum atomic E-state index is -0.138. The van der Waals surface area contributed by atoms with Gasteiger partial charge in [-0.1, -0.05) is 0 Å². The molecular weight excluding hydrogens is 152 g/mol. The van der Waals surface area contributed by atoms with E-state index in [2.05, 4.69) is 5.32 Å². The predicted molar refractivity (Wildman–Crippen MR) is 38.5 cm³/mol. The van der Waals surface area contributed by atoms with E-state index in [9.17, 15) is 9.59 Å². The molecule has 0 aromatic carbocycles. The third-order valence-electron chi connectivity index (χ3n) is 1.09. The van der Waals surface area contributed by atoms with Crippen molar-refractivity contribution >= 4 is 70.9 Å². The molecule has 3 nitrogen and oxygen atoms in total. The summed E-state index contributed by atoms with van der Waals surface area (Å²) in [5.41, 5.74) is 0. The molecule has 1 saturated heterocycles. The fraction of sp³-hybridized carbons (Fsp3) is 0.600. The van der Waals surface area contributed by atoms with E-state index in [0.717, 1.165) is 0 Å². The van der Waals surface area contributed by atoms with Crippen molar-refractivity contribution in [3.05, 3.63) is 0 Å². The SMILES string of the molecule is O=C1CCCC(=O)N1.[Na].[Na]. The average molecular weight is 159 g/mol. The molecule has 2 amide bonds. The van der Waals surface area contributed by atoms with Crippen LogP contribution in [0.3, 0.4) is 0 Å². The average Bonchev–Trinajstić information content (AvgIpc) is 1.64. The molecule has 1 heterocycles. The van der Waals surface area contributed by atoms with Crippen LogP contribution in [0.15, 0.2) is 0 Å². The predicted octanol–water partition coefficient (Wildman–Crippen LogP) is -0.949. The van der Waals surface area contributed by atoms with E-state index in [-0.39, 0.29) is 70.9 Å². The second-order valence-electron chi connectivity index (χ2n) is 1.82. The maximum Gasteiger partial charge on any atom is 0.226 e. The van der Waals surface area contributed by atoms with Gasteiger partial charge in [-0.2, -0.15) is 0 Å². The van der Waals surface area contributed by atoms with Gasteiger partial charge >= 0.3 is 0 Å². The Kier molecular flexibility index (Phi) is 9.36. The molecule has 0 bridgehead atoms. The number of carbonyl (C=O) groups is 2. The third kappa shape index (κ3) is 4.88. The maximum atomic E-state index is 10.3. The van der Waals surface area contributed by atoms with Crippen LogP contribution in [-0.2, 0) is 9.59 Å². The van der Waals surface area contributed by atoms with Gasteiger partial charge in [0.05, 0.1) is 0 Å². The van der Waals surface area contributed by atoms with Crippen molar-refractivity contribution in [1.29, 1.82) is 0 Å². The van der Waals surface area contributed by atoms with Gasteiger partial charge in [-0.15, -0.1) is 0 Å². The molecular formula is C5H7NNa2O2. The molecule has 0 saturated carbocycles.